The second-order valence-electron chi connectivity index (χ2n) is 9.84. The molecule has 0 aliphatic heterocycles. The van der Waals surface area contributed by atoms with E-state index in [4.69, 9.17) is 21.3 Å². The fourth-order valence-corrected chi connectivity index (χ4v) is 6.51. The van der Waals surface area contributed by atoms with Crippen molar-refractivity contribution >= 4 is 45.1 Å². The first-order chi connectivity index (χ1) is 20.0. The highest BCUT2D eigenvalue weighted by molar-refractivity contribution is 7.83. The van der Waals surface area contributed by atoms with Crippen molar-refractivity contribution in [2.75, 3.05) is 5.32 Å². The number of halogens is 1. The number of non-ortho nitro benzene ring substituents is 1. The number of hydrogen-bond acceptors (Lipinski definition) is 7. The summed E-state index contributed by atoms with van der Waals surface area (Å²) in [4.78, 5) is 20.4. The number of aromatic nitrogens is 3. The van der Waals surface area contributed by atoms with Crippen molar-refractivity contribution in [3.63, 3.8) is 0 Å². The van der Waals surface area contributed by atoms with Gasteiger partial charge in [0, 0.05) is 41.7 Å². The number of nitro benzene ring substituents is 1. The minimum Gasteiger partial charge on any atom is -0.490 e. The Morgan fingerprint density at radius 2 is 1.78 bits per heavy atom. The van der Waals surface area contributed by atoms with Crippen LogP contribution in [-0.2, 0) is 11.0 Å². The molecule has 3 aromatic carbocycles. The molecule has 0 spiro atoms. The highest BCUT2D eigenvalue weighted by Crippen LogP contribution is 2.35. The number of para-hydroxylation sites is 1. The van der Waals surface area contributed by atoms with Crippen molar-refractivity contribution in [2.45, 2.75) is 42.7 Å². The van der Waals surface area contributed by atoms with Gasteiger partial charge in [-0.25, -0.2) is 14.2 Å². The fourth-order valence-electron chi connectivity index (χ4n) is 5.16. The second-order valence-corrected chi connectivity index (χ2v) is 11.6. The topological polar surface area (TPSA) is 112 Å². The first-order valence-electron chi connectivity index (χ1n) is 13.2. The van der Waals surface area contributed by atoms with Crippen LogP contribution in [0.2, 0.25) is 5.02 Å². The number of benzene rings is 3. The van der Waals surface area contributed by atoms with Crippen molar-refractivity contribution in [3.05, 3.63) is 106 Å². The van der Waals surface area contributed by atoms with Crippen molar-refractivity contribution in [3.8, 4) is 17.0 Å². The lowest BCUT2D eigenvalue weighted by Gasteiger charge is -2.30. The molecule has 9 nitrogen and oxygen atoms in total. The molecule has 0 saturated heterocycles. The average molecular weight is 588 g/mol. The standard InChI is InChI=1S/C30H26ClN5O4S/c31-27-18-32-30(33-20-7-6-8-23(17-20)40-22-15-13-21(14-16-22)36(37)38)34-29(27)26-19-35(28-12-5-4-11-25(26)28)41(39)24-9-2-1-3-10-24/h1-5,9-16,18-20,23H,6-8,17H2,(H,32,33,34). The number of nitro groups is 1. The van der Waals surface area contributed by atoms with Gasteiger partial charge in [0.1, 0.15) is 11.9 Å². The van der Waals surface area contributed by atoms with Crippen LogP contribution >= 0.6 is 11.6 Å². The molecule has 208 valence electrons. The molecule has 1 N–H and O–H groups in total. The van der Waals surface area contributed by atoms with E-state index in [1.807, 2.05) is 60.8 Å². The lowest BCUT2D eigenvalue weighted by atomic mass is 9.93. The highest BCUT2D eigenvalue weighted by Gasteiger charge is 2.25. The van der Waals surface area contributed by atoms with E-state index < -0.39 is 15.9 Å². The van der Waals surface area contributed by atoms with E-state index >= 15 is 0 Å². The Bertz CT molecular complexity index is 1730. The van der Waals surface area contributed by atoms with Crippen molar-refractivity contribution in [1.82, 2.24) is 13.9 Å². The SMILES string of the molecule is O=[N+]([O-])c1ccc(OC2CCCC(Nc3ncc(Cl)c(-c4cn(S(=O)c5ccccc5)c5ccccc45)n3)C2)cc1. The number of ether oxygens (including phenoxy) is 1. The monoisotopic (exact) mass is 587 g/mol. The van der Waals surface area contributed by atoms with Gasteiger partial charge in [-0.3, -0.25) is 14.1 Å². The van der Waals surface area contributed by atoms with Crippen LogP contribution < -0.4 is 10.1 Å². The summed E-state index contributed by atoms with van der Waals surface area (Å²) in [6, 6.07) is 23.3. The van der Waals surface area contributed by atoms with Gasteiger partial charge >= 0.3 is 0 Å². The number of rotatable bonds is 8. The lowest BCUT2D eigenvalue weighted by Crippen LogP contribution is -2.33. The zero-order valence-corrected chi connectivity index (χ0v) is 23.4. The van der Waals surface area contributed by atoms with Crippen molar-refractivity contribution in [1.29, 1.82) is 0 Å². The normalized spacial score (nSPS) is 17.7. The predicted octanol–water partition coefficient (Wildman–Crippen LogP) is 7.03. The minimum absolute atomic E-state index is 0.0330. The quantitative estimate of drug-likeness (QED) is 0.153. The second kappa shape index (κ2) is 11.7. The van der Waals surface area contributed by atoms with E-state index in [9.17, 15) is 14.3 Å². The van der Waals surface area contributed by atoms with Gasteiger partial charge in [-0.15, -0.1) is 0 Å². The Balaban J connectivity index is 1.23. The van der Waals surface area contributed by atoms with E-state index in [0.717, 1.165) is 42.1 Å². The summed E-state index contributed by atoms with van der Waals surface area (Å²) in [5, 5.41) is 15.7. The first kappa shape index (κ1) is 26.9. The zero-order valence-electron chi connectivity index (χ0n) is 21.9. The van der Waals surface area contributed by atoms with Crippen molar-refractivity contribution < 1.29 is 13.9 Å². The molecule has 3 unspecified atom stereocenters. The van der Waals surface area contributed by atoms with Crippen LogP contribution in [0.15, 0.2) is 96.2 Å². The number of nitrogens with zero attached hydrogens (tertiary/aromatic N) is 4. The maximum Gasteiger partial charge on any atom is 0.269 e. The molecule has 1 aliphatic carbocycles. The molecule has 5 aromatic rings. The van der Waals surface area contributed by atoms with Crippen LogP contribution in [0.4, 0.5) is 11.6 Å². The van der Waals surface area contributed by atoms with Crippen LogP contribution in [0.25, 0.3) is 22.2 Å². The van der Waals surface area contributed by atoms with Crippen LogP contribution in [0.3, 0.4) is 0 Å². The largest absolute Gasteiger partial charge is 0.490 e. The smallest absolute Gasteiger partial charge is 0.269 e. The first-order valence-corrected chi connectivity index (χ1v) is 14.7. The summed E-state index contributed by atoms with van der Waals surface area (Å²) in [7, 11) is -1.45. The van der Waals surface area contributed by atoms with Gasteiger partial charge in [0.05, 0.1) is 32.2 Å². The molecule has 1 aliphatic rings. The number of nitrogens with one attached hydrogen (secondary N) is 1. The third-order valence-corrected chi connectivity index (χ3v) is 8.72. The number of anilines is 1. The molecule has 2 aromatic heterocycles. The minimum atomic E-state index is -1.45. The van der Waals surface area contributed by atoms with Gasteiger partial charge in [0.25, 0.3) is 5.69 Å². The summed E-state index contributed by atoms with van der Waals surface area (Å²) in [5.41, 5.74) is 2.17. The Morgan fingerprint density at radius 1 is 1.02 bits per heavy atom. The molecule has 1 saturated carbocycles. The van der Waals surface area contributed by atoms with Crippen LogP contribution in [0, 0.1) is 10.1 Å². The van der Waals surface area contributed by atoms with Gasteiger partial charge in [-0.1, -0.05) is 48.0 Å². The Morgan fingerprint density at radius 3 is 2.56 bits per heavy atom. The fraction of sp³-hybridized carbons (Fsp3) is 0.200. The molecule has 2 heterocycles. The molecule has 0 radical (unpaired) electrons. The molecule has 3 atom stereocenters. The predicted molar refractivity (Wildman–Crippen MR) is 160 cm³/mol. The molecular weight excluding hydrogens is 562 g/mol. The molecule has 41 heavy (non-hydrogen) atoms. The van der Waals surface area contributed by atoms with Crippen LogP contribution in [0.1, 0.15) is 25.7 Å². The maximum absolute atomic E-state index is 13.5. The zero-order chi connectivity index (χ0) is 28.3. The molecular formula is C30H26ClN5O4S. The van der Waals surface area contributed by atoms with Gasteiger partial charge < -0.3 is 10.1 Å². The molecule has 11 heteroatoms. The van der Waals surface area contributed by atoms with Crippen LogP contribution in [-0.4, -0.2) is 35.2 Å². The Labute approximate surface area is 243 Å². The molecule has 6 rings (SSSR count). The summed E-state index contributed by atoms with van der Waals surface area (Å²) in [6.45, 7) is 0. The maximum atomic E-state index is 13.5. The van der Waals surface area contributed by atoms with Gasteiger partial charge in [-0.05, 0) is 49.6 Å². The Hall–Kier alpha value is -4.28. The van der Waals surface area contributed by atoms with Crippen molar-refractivity contribution in [2.24, 2.45) is 0 Å². The van der Waals surface area contributed by atoms with Gasteiger partial charge in [0.2, 0.25) is 5.95 Å². The summed E-state index contributed by atoms with van der Waals surface area (Å²) in [5.74, 6) is 1.06. The highest BCUT2D eigenvalue weighted by atomic mass is 35.5. The van der Waals surface area contributed by atoms with Crippen LogP contribution in [0.5, 0.6) is 5.75 Å². The Kier molecular flexibility index (Phi) is 7.67. The summed E-state index contributed by atoms with van der Waals surface area (Å²) >= 11 is 6.62. The van der Waals surface area contributed by atoms with E-state index in [2.05, 4.69) is 10.3 Å². The van der Waals surface area contributed by atoms with E-state index in [-0.39, 0.29) is 17.8 Å². The lowest BCUT2D eigenvalue weighted by molar-refractivity contribution is -0.384. The summed E-state index contributed by atoms with van der Waals surface area (Å²) < 4.78 is 21.3. The average Bonchev–Trinajstić information content (AvgIpc) is 3.38. The molecule has 0 amide bonds. The van der Waals surface area contributed by atoms with Gasteiger partial charge in [0.15, 0.2) is 11.0 Å². The van der Waals surface area contributed by atoms with E-state index in [1.165, 1.54) is 12.1 Å². The molecule has 0 bridgehead atoms. The van der Waals surface area contributed by atoms with E-state index in [0.29, 0.717) is 27.3 Å². The van der Waals surface area contributed by atoms with E-state index in [1.54, 1.807) is 22.3 Å². The summed E-state index contributed by atoms with van der Waals surface area (Å²) in [6.07, 6.45) is 6.87. The van der Waals surface area contributed by atoms with Gasteiger partial charge in [-0.2, -0.15) is 0 Å². The third kappa shape index (κ3) is 5.79. The number of hydrogen-bond donors (Lipinski definition) is 1. The third-order valence-electron chi connectivity index (χ3n) is 7.11. The molecule has 1 fully saturated rings. The number of fused-ring (bicyclic) bond motifs is 1.